The smallest absolute Gasteiger partial charge is 0.228 e. The van der Waals surface area contributed by atoms with E-state index >= 15 is 0 Å². The summed E-state index contributed by atoms with van der Waals surface area (Å²) in [4.78, 5) is 10.7. The Morgan fingerprint density at radius 1 is 1.36 bits per heavy atom. The maximum atomic E-state index is 10.7. The number of hydrogen-bond donors (Lipinski definition) is 0. The molecule has 58 valence electrons. The van der Waals surface area contributed by atoms with Crippen LogP contribution in [-0.2, 0) is 4.79 Å². The maximum absolute atomic E-state index is 10.7. The van der Waals surface area contributed by atoms with E-state index in [-0.39, 0.29) is 11.2 Å². The molecule has 0 unspecified atom stereocenters. The zero-order valence-electron chi connectivity index (χ0n) is 6.25. The van der Waals surface area contributed by atoms with Crippen molar-refractivity contribution in [3.05, 3.63) is 35.9 Å². The minimum absolute atomic E-state index is 0.196. The summed E-state index contributed by atoms with van der Waals surface area (Å²) in [6.45, 7) is 1.80. The predicted molar refractivity (Wildman–Crippen MR) is 45.7 cm³/mol. The highest BCUT2D eigenvalue weighted by molar-refractivity contribution is 6.64. The van der Waals surface area contributed by atoms with Gasteiger partial charge in [-0.25, -0.2) is 0 Å². The normalized spacial score (nSPS) is 12.5. The van der Waals surface area contributed by atoms with Gasteiger partial charge >= 0.3 is 0 Å². The molecular formula is C9H9ClO. The van der Waals surface area contributed by atoms with Gasteiger partial charge in [0.05, 0.1) is 5.92 Å². The molecule has 0 fully saturated rings. The van der Waals surface area contributed by atoms with Crippen molar-refractivity contribution in [3.63, 3.8) is 0 Å². The number of benzene rings is 1. The van der Waals surface area contributed by atoms with Crippen LogP contribution in [-0.4, -0.2) is 5.24 Å². The van der Waals surface area contributed by atoms with E-state index in [1.807, 2.05) is 30.3 Å². The summed E-state index contributed by atoms with van der Waals surface area (Å²) in [7, 11) is 0. The van der Waals surface area contributed by atoms with Gasteiger partial charge in [0.2, 0.25) is 5.24 Å². The van der Waals surface area contributed by atoms with Gasteiger partial charge in [-0.2, -0.15) is 0 Å². The maximum Gasteiger partial charge on any atom is 0.228 e. The van der Waals surface area contributed by atoms with Gasteiger partial charge in [0.15, 0.2) is 0 Å². The molecule has 0 aromatic heterocycles. The first kappa shape index (κ1) is 8.28. The zero-order chi connectivity index (χ0) is 8.27. The summed E-state index contributed by atoms with van der Waals surface area (Å²) in [5.41, 5.74) is 0.965. The van der Waals surface area contributed by atoms with Crippen molar-refractivity contribution in [2.75, 3.05) is 0 Å². The molecule has 0 saturated heterocycles. The van der Waals surface area contributed by atoms with Gasteiger partial charge in [-0.3, -0.25) is 4.79 Å². The first-order valence-electron chi connectivity index (χ1n) is 3.46. The van der Waals surface area contributed by atoms with E-state index in [1.54, 1.807) is 6.92 Å². The summed E-state index contributed by atoms with van der Waals surface area (Å²) in [5, 5.41) is -0.309. The van der Waals surface area contributed by atoms with Crippen LogP contribution in [0.5, 0.6) is 0 Å². The Kier molecular flexibility index (Phi) is 2.66. The summed E-state index contributed by atoms with van der Waals surface area (Å²) < 4.78 is 0. The third kappa shape index (κ3) is 2.05. The average Bonchev–Trinajstić information content (AvgIpc) is 2.05. The van der Waals surface area contributed by atoms with Crippen molar-refractivity contribution in [3.8, 4) is 0 Å². The highest BCUT2D eigenvalue weighted by Gasteiger charge is 2.10. The Hall–Kier alpha value is -0.820. The fraction of sp³-hybridized carbons (Fsp3) is 0.222. The highest BCUT2D eigenvalue weighted by Crippen LogP contribution is 2.16. The molecule has 11 heavy (non-hydrogen) atoms. The van der Waals surface area contributed by atoms with E-state index in [9.17, 15) is 4.79 Å². The zero-order valence-corrected chi connectivity index (χ0v) is 7.01. The minimum Gasteiger partial charge on any atom is -0.281 e. The highest BCUT2D eigenvalue weighted by atomic mass is 35.5. The Labute approximate surface area is 71.0 Å². The monoisotopic (exact) mass is 168 g/mol. The molecule has 2 heteroatoms. The van der Waals surface area contributed by atoms with Crippen molar-refractivity contribution in [2.24, 2.45) is 0 Å². The predicted octanol–water partition coefficient (Wildman–Crippen LogP) is 2.56. The molecule has 0 spiro atoms. The SMILES string of the molecule is C[C@H](C(=O)Cl)c1ccccc1. The van der Waals surface area contributed by atoms with E-state index in [2.05, 4.69) is 0 Å². The molecule has 1 rings (SSSR count). The van der Waals surface area contributed by atoms with Crippen LogP contribution in [0.3, 0.4) is 0 Å². The third-order valence-corrected chi connectivity index (χ3v) is 1.97. The van der Waals surface area contributed by atoms with Crippen LogP contribution in [0.25, 0.3) is 0 Å². The fourth-order valence-corrected chi connectivity index (χ4v) is 0.999. The second-order valence-corrected chi connectivity index (χ2v) is 2.81. The second-order valence-electron chi connectivity index (χ2n) is 2.44. The molecule has 0 amide bonds. The molecule has 1 aromatic carbocycles. The van der Waals surface area contributed by atoms with Crippen molar-refractivity contribution >= 4 is 16.8 Å². The van der Waals surface area contributed by atoms with Gasteiger partial charge in [-0.1, -0.05) is 37.3 Å². The van der Waals surface area contributed by atoms with Crippen LogP contribution >= 0.6 is 11.6 Å². The van der Waals surface area contributed by atoms with Crippen LogP contribution in [0.4, 0.5) is 0 Å². The Balaban J connectivity index is 2.85. The lowest BCUT2D eigenvalue weighted by molar-refractivity contribution is -0.112. The minimum atomic E-state index is -0.309. The largest absolute Gasteiger partial charge is 0.281 e. The standard InChI is InChI=1S/C9H9ClO/c1-7(9(10)11)8-5-3-2-4-6-8/h2-7H,1H3/t7-/m0/s1. The first-order chi connectivity index (χ1) is 5.22. The lowest BCUT2D eigenvalue weighted by Crippen LogP contribution is -2.00. The topological polar surface area (TPSA) is 17.1 Å². The van der Waals surface area contributed by atoms with Gasteiger partial charge in [-0.05, 0) is 17.2 Å². The van der Waals surface area contributed by atoms with Crippen molar-refractivity contribution in [1.82, 2.24) is 0 Å². The second kappa shape index (κ2) is 3.54. The summed E-state index contributed by atoms with van der Waals surface area (Å²) in [6, 6.07) is 9.49. The molecule has 0 radical (unpaired) electrons. The van der Waals surface area contributed by atoms with Gasteiger partial charge in [0.25, 0.3) is 0 Å². The molecule has 0 aliphatic heterocycles. The summed E-state index contributed by atoms with van der Waals surface area (Å²) in [6.07, 6.45) is 0. The van der Waals surface area contributed by atoms with E-state index in [4.69, 9.17) is 11.6 Å². The molecule has 0 N–H and O–H groups in total. The van der Waals surface area contributed by atoms with Crippen LogP contribution in [0, 0.1) is 0 Å². The lowest BCUT2D eigenvalue weighted by atomic mass is 10.0. The van der Waals surface area contributed by atoms with Gasteiger partial charge in [0.1, 0.15) is 0 Å². The molecule has 1 nitrogen and oxygen atoms in total. The third-order valence-electron chi connectivity index (χ3n) is 1.64. The van der Waals surface area contributed by atoms with Crippen LogP contribution in [0.15, 0.2) is 30.3 Å². The van der Waals surface area contributed by atoms with E-state index in [0.29, 0.717) is 0 Å². The number of carbonyl (C=O) groups is 1. The summed E-state index contributed by atoms with van der Waals surface area (Å²) in [5.74, 6) is -0.196. The molecule has 0 aliphatic rings. The number of hydrogen-bond acceptors (Lipinski definition) is 1. The molecule has 0 aliphatic carbocycles. The van der Waals surface area contributed by atoms with Crippen LogP contribution in [0.1, 0.15) is 18.4 Å². The molecule has 0 bridgehead atoms. The fourth-order valence-electron chi connectivity index (χ4n) is 0.873. The van der Waals surface area contributed by atoms with Gasteiger partial charge < -0.3 is 0 Å². The quantitative estimate of drug-likeness (QED) is 0.621. The van der Waals surface area contributed by atoms with Crippen molar-refractivity contribution in [1.29, 1.82) is 0 Å². The van der Waals surface area contributed by atoms with Crippen LogP contribution in [0.2, 0.25) is 0 Å². The molecule has 0 heterocycles. The first-order valence-corrected chi connectivity index (χ1v) is 3.84. The molecular weight excluding hydrogens is 160 g/mol. The van der Waals surface area contributed by atoms with Gasteiger partial charge in [0, 0.05) is 0 Å². The van der Waals surface area contributed by atoms with Crippen LogP contribution < -0.4 is 0 Å². The van der Waals surface area contributed by atoms with Crippen molar-refractivity contribution < 1.29 is 4.79 Å². The average molecular weight is 169 g/mol. The Bertz CT molecular complexity index is 243. The van der Waals surface area contributed by atoms with Gasteiger partial charge in [-0.15, -0.1) is 0 Å². The van der Waals surface area contributed by atoms with E-state index in [1.165, 1.54) is 0 Å². The number of halogens is 1. The Morgan fingerprint density at radius 3 is 2.36 bits per heavy atom. The number of rotatable bonds is 2. The van der Waals surface area contributed by atoms with E-state index < -0.39 is 0 Å². The molecule has 1 aromatic rings. The molecule has 1 atom stereocenters. The van der Waals surface area contributed by atoms with E-state index in [0.717, 1.165) is 5.56 Å². The Morgan fingerprint density at radius 2 is 1.91 bits per heavy atom. The van der Waals surface area contributed by atoms with Crippen molar-refractivity contribution in [2.45, 2.75) is 12.8 Å². The lowest BCUT2D eigenvalue weighted by Gasteiger charge is -2.04. The molecule has 0 saturated carbocycles. The number of carbonyl (C=O) groups excluding carboxylic acids is 1. The summed E-state index contributed by atoms with van der Waals surface area (Å²) >= 11 is 5.32.